The molecular formula is C17H18BrN3O3S. The first-order chi connectivity index (χ1) is 12.0. The van der Waals surface area contributed by atoms with E-state index in [0.717, 1.165) is 42.0 Å². The fourth-order valence-electron chi connectivity index (χ4n) is 2.43. The quantitative estimate of drug-likeness (QED) is 0.592. The summed E-state index contributed by atoms with van der Waals surface area (Å²) in [6, 6.07) is 14.2. The molecule has 8 heteroatoms. The molecule has 1 fully saturated rings. The highest BCUT2D eigenvalue weighted by molar-refractivity contribution is 9.10. The second-order valence-corrected chi connectivity index (χ2v) is 8.07. The van der Waals surface area contributed by atoms with Crippen LogP contribution in [0.25, 0.3) is 0 Å². The van der Waals surface area contributed by atoms with Gasteiger partial charge >= 0.3 is 0 Å². The molecule has 0 aromatic heterocycles. The summed E-state index contributed by atoms with van der Waals surface area (Å²) in [4.78, 5) is 4.63. The second-order valence-electron chi connectivity index (χ2n) is 5.50. The number of sulfonamides is 1. The Labute approximate surface area is 155 Å². The molecule has 0 spiro atoms. The maximum Gasteiger partial charge on any atom is 0.276 e. The molecule has 25 heavy (non-hydrogen) atoms. The Morgan fingerprint density at radius 2 is 1.68 bits per heavy atom. The van der Waals surface area contributed by atoms with Gasteiger partial charge in [-0.2, -0.15) is 13.5 Å². The van der Waals surface area contributed by atoms with Crippen molar-refractivity contribution < 1.29 is 13.2 Å². The lowest BCUT2D eigenvalue weighted by Crippen LogP contribution is -2.36. The molecule has 0 radical (unpaired) electrons. The molecule has 0 bridgehead atoms. The smallest absolute Gasteiger partial charge is 0.276 e. The van der Waals surface area contributed by atoms with Crippen LogP contribution in [0.5, 0.6) is 0 Å². The van der Waals surface area contributed by atoms with E-state index in [0.29, 0.717) is 0 Å². The molecular weight excluding hydrogens is 406 g/mol. The van der Waals surface area contributed by atoms with Crippen molar-refractivity contribution in [3.05, 3.63) is 58.6 Å². The fourth-order valence-corrected chi connectivity index (χ4v) is 3.49. The highest BCUT2D eigenvalue weighted by Gasteiger charge is 2.12. The van der Waals surface area contributed by atoms with E-state index in [2.05, 4.69) is 30.8 Å². The number of hydrazone groups is 1. The predicted molar refractivity (Wildman–Crippen MR) is 102 cm³/mol. The average molecular weight is 424 g/mol. The SMILES string of the molecule is O=S(=O)(N/N=C\c1ccc(N2CCOCC2)cc1)c1ccc(Br)cc1. The Kier molecular flexibility index (Phi) is 5.72. The molecule has 6 nitrogen and oxygen atoms in total. The van der Waals surface area contributed by atoms with Gasteiger partial charge in [0.2, 0.25) is 0 Å². The third-order valence-corrected chi connectivity index (χ3v) is 5.55. The highest BCUT2D eigenvalue weighted by atomic mass is 79.9. The van der Waals surface area contributed by atoms with E-state index in [1.807, 2.05) is 24.3 Å². The zero-order valence-electron chi connectivity index (χ0n) is 13.4. The number of nitrogens with one attached hydrogen (secondary N) is 1. The lowest BCUT2D eigenvalue weighted by Gasteiger charge is -2.28. The Morgan fingerprint density at radius 1 is 1.04 bits per heavy atom. The Hall–Kier alpha value is -1.90. The largest absolute Gasteiger partial charge is 0.378 e. The molecule has 0 atom stereocenters. The first-order valence-electron chi connectivity index (χ1n) is 7.78. The van der Waals surface area contributed by atoms with Crippen LogP contribution < -0.4 is 9.73 Å². The van der Waals surface area contributed by atoms with Crippen molar-refractivity contribution in [3.8, 4) is 0 Å². The number of hydrogen-bond acceptors (Lipinski definition) is 5. The van der Waals surface area contributed by atoms with Crippen LogP contribution in [-0.2, 0) is 14.8 Å². The lowest BCUT2D eigenvalue weighted by atomic mass is 10.2. The number of ether oxygens (including phenoxy) is 1. The summed E-state index contributed by atoms with van der Waals surface area (Å²) in [5, 5.41) is 3.85. The van der Waals surface area contributed by atoms with E-state index in [4.69, 9.17) is 4.74 Å². The number of benzene rings is 2. The minimum atomic E-state index is -3.66. The van der Waals surface area contributed by atoms with Crippen molar-refractivity contribution in [1.29, 1.82) is 0 Å². The number of morpholine rings is 1. The molecule has 132 valence electrons. The van der Waals surface area contributed by atoms with E-state index in [9.17, 15) is 8.42 Å². The van der Waals surface area contributed by atoms with Crippen molar-refractivity contribution in [2.45, 2.75) is 4.90 Å². The van der Waals surface area contributed by atoms with Crippen LogP contribution in [0.15, 0.2) is 63.0 Å². The van der Waals surface area contributed by atoms with Gasteiger partial charge in [0, 0.05) is 23.2 Å². The molecule has 3 rings (SSSR count). The lowest BCUT2D eigenvalue weighted by molar-refractivity contribution is 0.122. The standard InChI is InChI=1S/C17H18BrN3O3S/c18-15-3-7-17(8-4-15)25(22,23)20-19-13-14-1-5-16(6-2-14)21-9-11-24-12-10-21/h1-8,13,20H,9-12H2/b19-13-. The number of anilines is 1. The topological polar surface area (TPSA) is 71.0 Å². The van der Waals surface area contributed by atoms with Gasteiger partial charge in [0.15, 0.2) is 0 Å². The van der Waals surface area contributed by atoms with Gasteiger partial charge in [-0.3, -0.25) is 0 Å². The van der Waals surface area contributed by atoms with Gasteiger partial charge in [0.05, 0.1) is 24.3 Å². The molecule has 0 saturated carbocycles. The second kappa shape index (κ2) is 7.99. The molecule has 0 amide bonds. The molecule has 1 heterocycles. The summed E-state index contributed by atoms with van der Waals surface area (Å²) in [6.45, 7) is 3.23. The van der Waals surface area contributed by atoms with Crippen LogP contribution >= 0.6 is 15.9 Å². The molecule has 2 aromatic carbocycles. The fraction of sp³-hybridized carbons (Fsp3) is 0.235. The Morgan fingerprint density at radius 3 is 2.32 bits per heavy atom. The third kappa shape index (κ3) is 4.81. The van der Waals surface area contributed by atoms with Gasteiger partial charge < -0.3 is 9.64 Å². The number of rotatable bonds is 5. The van der Waals surface area contributed by atoms with Crippen LogP contribution in [0.3, 0.4) is 0 Å². The summed E-state index contributed by atoms with van der Waals surface area (Å²) >= 11 is 3.27. The van der Waals surface area contributed by atoms with Gasteiger partial charge in [0.25, 0.3) is 10.0 Å². The minimum Gasteiger partial charge on any atom is -0.378 e. The minimum absolute atomic E-state index is 0.163. The van der Waals surface area contributed by atoms with Crippen molar-refractivity contribution in [1.82, 2.24) is 4.83 Å². The summed E-state index contributed by atoms with van der Waals surface area (Å²) in [6.07, 6.45) is 1.49. The van der Waals surface area contributed by atoms with Crippen LogP contribution in [0.1, 0.15) is 5.56 Å². The van der Waals surface area contributed by atoms with E-state index in [1.54, 1.807) is 12.1 Å². The zero-order chi connectivity index (χ0) is 17.7. The molecule has 1 N–H and O–H groups in total. The summed E-state index contributed by atoms with van der Waals surface area (Å²) in [5.41, 5.74) is 1.94. The molecule has 2 aromatic rings. The predicted octanol–water partition coefficient (Wildman–Crippen LogP) is 2.60. The molecule has 1 aliphatic rings. The van der Waals surface area contributed by atoms with E-state index >= 15 is 0 Å². The first-order valence-corrected chi connectivity index (χ1v) is 10.1. The van der Waals surface area contributed by atoms with Crippen LogP contribution in [0.4, 0.5) is 5.69 Å². The van der Waals surface area contributed by atoms with Crippen LogP contribution in [-0.4, -0.2) is 40.9 Å². The van der Waals surface area contributed by atoms with E-state index in [1.165, 1.54) is 18.3 Å². The number of hydrogen-bond donors (Lipinski definition) is 1. The summed E-state index contributed by atoms with van der Waals surface area (Å²) in [7, 11) is -3.66. The zero-order valence-corrected chi connectivity index (χ0v) is 15.8. The summed E-state index contributed by atoms with van der Waals surface area (Å²) in [5.74, 6) is 0. The maximum atomic E-state index is 12.1. The maximum absolute atomic E-state index is 12.1. The number of halogens is 1. The van der Waals surface area contributed by atoms with Gasteiger partial charge in [-0.1, -0.05) is 28.1 Å². The van der Waals surface area contributed by atoms with E-state index in [-0.39, 0.29) is 4.90 Å². The van der Waals surface area contributed by atoms with Gasteiger partial charge in [0.1, 0.15) is 0 Å². The highest BCUT2D eigenvalue weighted by Crippen LogP contribution is 2.16. The van der Waals surface area contributed by atoms with E-state index < -0.39 is 10.0 Å². The molecule has 0 aliphatic carbocycles. The Balaban J connectivity index is 1.62. The third-order valence-electron chi connectivity index (χ3n) is 3.78. The van der Waals surface area contributed by atoms with Crippen molar-refractivity contribution in [2.75, 3.05) is 31.2 Å². The molecule has 1 aliphatic heterocycles. The van der Waals surface area contributed by atoms with Crippen LogP contribution in [0, 0.1) is 0 Å². The van der Waals surface area contributed by atoms with Crippen molar-refractivity contribution in [2.24, 2.45) is 5.10 Å². The Bertz CT molecular complexity index is 830. The summed E-state index contributed by atoms with van der Waals surface area (Å²) < 4.78 is 30.4. The van der Waals surface area contributed by atoms with Crippen molar-refractivity contribution >= 4 is 37.9 Å². The molecule has 0 unspecified atom stereocenters. The average Bonchev–Trinajstić information content (AvgIpc) is 2.63. The van der Waals surface area contributed by atoms with Crippen molar-refractivity contribution in [3.63, 3.8) is 0 Å². The first kappa shape index (κ1) is 17.9. The van der Waals surface area contributed by atoms with Gasteiger partial charge in [-0.25, -0.2) is 4.83 Å². The number of nitrogens with zero attached hydrogens (tertiary/aromatic N) is 2. The normalized spacial score (nSPS) is 15.5. The van der Waals surface area contributed by atoms with Crippen LogP contribution in [0.2, 0.25) is 0 Å². The monoisotopic (exact) mass is 423 g/mol. The molecule has 1 saturated heterocycles. The van der Waals surface area contributed by atoms with Gasteiger partial charge in [-0.15, -0.1) is 0 Å². The van der Waals surface area contributed by atoms with Gasteiger partial charge in [-0.05, 0) is 42.0 Å².